The Morgan fingerprint density at radius 3 is 0.769 bits per heavy atom. The molecule has 0 heterocycles. The van der Waals surface area contributed by atoms with Crippen LogP contribution in [0.25, 0.3) is 0 Å². The molecule has 2 N–H and O–H groups in total. The third-order valence-electron chi connectivity index (χ3n) is 0.667. The Morgan fingerprint density at radius 1 is 0.615 bits per heavy atom. The van der Waals surface area contributed by atoms with Gasteiger partial charge in [0.2, 0.25) is 0 Å². The zero-order valence-electron chi connectivity index (χ0n) is 8.77. The second kappa shape index (κ2) is 30.4. The first kappa shape index (κ1) is 18.0. The molecule has 3 nitrogen and oxygen atoms in total. The molecule has 0 saturated carbocycles. The summed E-state index contributed by atoms with van der Waals surface area (Å²) in [7, 11) is 5.25. The Balaban J connectivity index is -0.000000124. The van der Waals surface area contributed by atoms with Crippen molar-refractivity contribution in [1.82, 2.24) is 0 Å². The number of benzene rings is 1. The van der Waals surface area contributed by atoms with Crippen LogP contribution in [-0.4, -0.2) is 38.7 Å². The van der Waals surface area contributed by atoms with Crippen LogP contribution < -0.4 is 0 Å². The van der Waals surface area contributed by atoms with Gasteiger partial charge in [-0.15, -0.1) is 0 Å². The van der Waals surface area contributed by atoms with Gasteiger partial charge in [-0.05, 0) is 0 Å². The summed E-state index contributed by atoms with van der Waals surface area (Å²) in [5.41, 5.74) is 0. The van der Waals surface area contributed by atoms with Crippen molar-refractivity contribution in [3.63, 3.8) is 0 Å². The molecule has 78 valence electrons. The fourth-order valence-corrected chi connectivity index (χ4v) is 0.385. The van der Waals surface area contributed by atoms with Crippen LogP contribution in [0.2, 0.25) is 0 Å². The Kier molecular flexibility index (Phi) is 42.1. The van der Waals surface area contributed by atoms with Crippen LogP contribution >= 0.6 is 0 Å². The third-order valence-corrected chi connectivity index (χ3v) is 0.667. The monoisotopic (exact) mass is 188 g/mol. The minimum Gasteiger partial charge on any atom is -0.400 e. The van der Waals surface area contributed by atoms with Crippen molar-refractivity contribution in [2.45, 2.75) is 0 Å². The van der Waals surface area contributed by atoms with Gasteiger partial charge in [0.05, 0.1) is 0 Å². The van der Waals surface area contributed by atoms with Crippen molar-refractivity contribution in [2.24, 2.45) is 0 Å². The zero-order valence-corrected chi connectivity index (χ0v) is 8.77. The third kappa shape index (κ3) is 35.3. The smallest absolute Gasteiger partial charge is 0.0351 e. The fraction of sp³-hybridized carbons (Fsp3) is 0.400. The first-order valence-corrected chi connectivity index (χ1v) is 3.71. The van der Waals surface area contributed by atoms with Crippen molar-refractivity contribution in [1.29, 1.82) is 0 Å². The van der Waals surface area contributed by atoms with Gasteiger partial charge in [-0.3, -0.25) is 0 Å². The van der Waals surface area contributed by atoms with Crippen LogP contribution in [0, 0.1) is 0 Å². The molecule has 0 radical (unpaired) electrons. The summed E-state index contributed by atoms with van der Waals surface area (Å²) < 4.78 is 4.25. The highest BCUT2D eigenvalue weighted by Crippen LogP contribution is 1.79. The van der Waals surface area contributed by atoms with Gasteiger partial charge in [0.1, 0.15) is 0 Å². The van der Waals surface area contributed by atoms with Crippen molar-refractivity contribution in [3.8, 4) is 0 Å². The Hall–Kier alpha value is -0.900. The van der Waals surface area contributed by atoms with Crippen LogP contribution in [0.3, 0.4) is 0 Å². The van der Waals surface area contributed by atoms with Gasteiger partial charge in [-0.1, -0.05) is 36.4 Å². The highest BCUT2D eigenvalue weighted by molar-refractivity contribution is 4.99. The van der Waals surface area contributed by atoms with Gasteiger partial charge in [-0.2, -0.15) is 0 Å². The van der Waals surface area contributed by atoms with E-state index in [0.29, 0.717) is 0 Å². The van der Waals surface area contributed by atoms with Gasteiger partial charge in [0.25, 0.3) is 0 Å². The Bertz CT molecular complexity index is 93.0. The van der Waals surface area contributed by atoms with Crippen molar-refractivity contribution >= 4 is 0 Å². The lowest BCUT2D eigenvalue weighted by molar-refractivity contribution is 0.277. The Morgan fingerprint density at radius 2 is 0.692 bits per heavy atom. The summed E-state index contributed by atoms with van der Waals surface area (Å²) in [5.74, 6) is 0. The highest BCUT2D eigenvalue weighted by Gasteiger charge is 1.57. The molecule has 1 aromatic carbocycles. The molecular weight excluding hydrogens is 168 g/mol. The highest BCUT2D eigenvalue weighted by atomic mass is 16.4. The van der Waals surface area contributed by atoms with Gasteiger partial charge in [0.15, 0.2) is 0 Å². The molecule has 0 fully saturated rings. The number of aliphatic hydroxyl groups is 2. The number of hydrogen-bond acceptors (Lipinski definition) is 3. The van der Waals surface area contributed by atoms with E-state index in [1.807, 2.05) is 36.4 Å². The van der Waals surface area contributed by atoms with Gasteiger partial charge >= 0.3 is 0 Å². The van der Waals surface area contributed by atoms with E-state index in [-0.39, 0.29) is 0 Å². The Labute approximate surface area is 80.6 Å². The van der Waals surface area contributed by atoms with Crippen LogP contribution in [0.1, 0.15) is 0 Å². The fourth-order valence-electron chi connectivity index (χ4n) is 0.385. The van der Waals surface area contributed by atoms with Gasteiger partial charge in [0, 0.05) is 28.4 Å². The predicted octanol–water partition coefficient (Wildman–Crippen LogP) is 1.17. The standard InChI is InChI=1S/C6H6.C2H6O.2CH4O/c1-2-4-6-5-3-1;1-3-2;2*1-2/h1-6H;1-2H3;2*2H,1H3. The molecule has 1 rings (SSSR count). The van der Waals surface area contributed by atoms with Crippen LogP contribution in [-0.2, 0) is 4.74 Å². The first-order valence-electron chi connectivity index (χ1n) is 3.71. The van der Waals surface area contributed by atoms with Gasteiger partial charge in [-0.25, -0.2) is 0 Å². The summed E-state index contributed by atoms with van der Waals surface area (Å²) >= 11 is 0. The normalized spacial score (nSPS) is 6.00. The molecule has 0 saturated heterocycles. The number of aliphatic hydroxyl groups excluding tert-OH is 2. The molecule has 0 bridgehead atoms. The SMILES string of the molecule is CO.CO.COC.c1ccccc1. The second-order valence-electron chi connectivity index (χ2n) is 1.56. The van der Waals surface area contributed by atoms with Gasteiger partial charge < -0.3 is 14.9 Å². The molecule has 0 aliphatic carbocycles. The minimum absolute atomic E-state index is 1.00. The molecule has 0 amide bonds. The molecule has 13 heavy (non-hydrogen) atoms. The maximum atomic E-state index is 7.00. The van der Waals surface area contributed by atoms with Crippen LogP contribution in [0.15, 0.2) is 36.4 Å². The average molecular weight is 188 g/mol. The molecule has 0 aliphatic heterocycles. The number of ether oxygens (including phenoxy) is 1. The second-order valence-corrected chi connectivity index (χ2v) is 1.56. The summed E-state index contributed by atoms with van der Waals surface area (Å²) in [6, 6.07) is 12.0. The molecule has 0 aromatic heterocycles. The van der Waals surface area contributed by atoms with Crippen molar-refractivity contribution in [2.75, 3.05) is 28.4 Å². The van der Waals surface area contributed by atoms with E-state index >= 15 is 0 Å². The largest absolute Gasteiger partial charge is 0.400 e. The number of methoxy groups -OCH3 is 1. The molecule has 0 atom stereocenters. The molecule has 0 unspecified atom stereocenters. The summed E-state index contributed by atoms with van der Waals surface area (Å²) in [5, 5.41) is 14.0. The molecule has 1 aromatic rings. The lowest BCUT2D eigenvalue weighted by atomic mass is 10.4. The van der Waals surface area contributed by atoms with E-state index in [4.69, 9.17) is 10.2 Å². The first-order chi connectivity index (χ1) is 6.41. The lowest BCUT2D eigenvalue weighted by Crippen LogP contribution is -1.55. The quantitative estimate of drug-likeness (QED) is 0.642. The van der Waals surface area contributed by atoms with Crippen molar-refractivity contribution in [3.05, 3.63) is 36.4 Å². The maximum absolute atomic E-state index is 7.00. The summed E-state index contributed by atoms with van der Waals surface area (Å²) in [6.45, 7) is 0. The number of rotatable bonds is 0. The summed E-state index contributed by atoms with van der Waals surface area (Å²) in [6.07, 6.45) is 0. The number of hydrogen-bond donors (Lipinski definition) is 2. The minimum atomic E-state index is 1.00. The molecule has 0 aliphatic rings. The topological polar surface area (TPSA) is 49.7 Å². The molecular formula is C10H20O3. The van der Waals surface area contributed by atoms with E-state index in [1.165, 1.54) is 0 Å². The van der Waals surface area contributed by atoms with E-state index in [9.17, 15) is 0 Å². The average Bonchev–Trinajstić information content (AvgIpc) is 2.27. The van der Waals surface area contributed by atoms with Crippen LogP contribution in [0.4, 0.5) is 0 Å². The van der Waals surface area contributed by atoms with E-state index < -0.39 is 0 Å². The lowest BCUT2D eigenvalue weighted by Gasteiger charge is -1.69. The summed E-state index contributed by atoms with van der Waals surface area (Å²) in [4.78, 5) is 0. The van der Waals surface area contributed by atoms with E-state index in [2.05, 4.69) is 4.74 Å². The zero-order chi connectivity index (χ0) is 10.9. The molecule has 3 heteroatoms. The maximum Gasteiger partial charge on any atom is 0.0351 e. The molecule has 0 spiro atoms. The van der Waals surface area contributed by atoms with E-state index in [0.717, 1.165) is 14.2 Å². The predicted molar refractivity (Wildman–Crippen MR) is 55.7 cm³/mol. The van der Waals surface area contributed by atoms with Crippen LogP contribution in [0.5, 0.6) is 0 Å². The van der Waals surface area contributed by atoms with E-state index in [1.54, 1.807) is 14.2 Å². The van der Waals surface area contributed by atoms with Crippen molar-refractivity contribution < 1.29 is 14.9 Å².